The van der Waals surface area contributed by atoms with Crippen molar-refractivity contribution in [3.05, 3.63) is 0 Å². The Bertz CT molecular complexity index is 570. The summed E-state index contributed by atoms with van der Waals surface area (Å²) < 4.78 is 22.3. The molecule has 2 N–H and O–H groups in total. The van der Waals surface area contributed by atoms with Crippen LogP contribution in [0.15, 0.2) is 0 Å². The normalized spacial score (nSPS) is 18.5. The summed E-state index contributed by atoms with van der Waals surface area (Å²) >= 11 is 2.15. The van der Waals surface area contributed by atoms with Crippen molar-refractivity contribution in [3.63, 3.8) is 0 Å². The minimum Gasteiger partial charge on any atom is -0.474 e. The van der Waals surface area contributed by atoms with E-state index in [1.807, 2.05) is 0 Å². The van der Waals surface area contributed by atoms with Gasteiger partial charge in [-0.05, 0) is 60.5 Å². The standard InChI is InChI=1S/C28H53O6PS/c1-4-6-17-26(25-18-13-11-14-19-25)20-23-36-22-15-10-8-7-9-12-16-24(3)34-28(27(29)30,35(31)32)33-21-5-2/h24-26H,4-23H2,1-3H3,(H-,29,30,31,32)/p+1. The quantitative estimate of drug-likeness (QED) is 0.0749. The van der Waals surface area contributed by atoms with E-state index in [0.29, 0.717) is 12.8 Å². The number of ether oxygens (including phenoxy) is 2. The number of carboxylic acid groups (broad SMARTS) is 1. The topological polar surface area (TPSA) is 93.1 Å². The largest absolute Gasteiger partial charge is 0.586 e. The van der Waals surface area contributed by atoms with Gasteiger partial charge in [0.15, 0.2) is 0 Å². The van der Waals surface area contributed by atoms with E-state index >= 15 is 0 Å². The Labute approximate surface area is 225 Å². The summed E-state index contributed by atoms with van der Waals surface area (Å²) in [6.07, 6.45) is 20.5. The molecule has 0 radical (unpaired) electrons. The van der Waals surface area contributed by atoms with Crippen molar-refractivity contribution in [1.82, 2.24) is 0 Å². The number of unbranched alkanes of at least 4 members (excludes halogenated alkanes) is 6. The lowest BCUT2D eigenvalue weighted by atomic mass is 9.77. The number of rotatable bonds is 23. The zero-order valence-corrected chi connectivity index (χ0v) is 25.0. The van der Waals surface area contributed by atoms with Crippen LogP contribution in [0.4, 0.5) is 0 Å². The van der Waals surface area contributed by atoms with E-state index in [1.54, 1.807) is 13.8 Å². The molecule has 4 atom stereocenters. The molecule has 1 aliphatic carbocycles. The molecule has 0 bridgehead atoms. The molecule has 1 rings (SSSR count). The highest BCUT2D eigenvalue weighted by Gasteiger charge is 2.62. The second-order valence-electron chi connectivity index (χ2n) is 10.5. The number of carbonyl (C=O) groups is 1. The Balaban J connectivity index is 2.12. The van der Waals surface area contributed by atoms with Crippen LogP contribution in [-0.4, -0.2) is 45.7 Å². The van der Waals surface area contributed by atoms with Gasteiger partial charge in [-0.15, -0.1) is 0 Å². The van der Waals surface area contributed by atoms with E-state index in [0.717, 1.165) is 31.1 Å². The molecule has 1 fully saturated rings. The molecule has 8 heteroatoms. The van der Waals surface area contributed by atoms with Crippen LogP contribution in [0.2, 0.25) is 0 Å². The average molecular weight is 550 g/mol. The molecule has 0 aliphatic heterocycles. The van der Waals surface area contributed by atoms with Crippen LogP contribution >= 0.6 is 19.8 Å². The van der Waals surface area contributed by atoms with Gasteiger partial charge in [-0.1, -0.05) is 97.3 Å². The molecule has 212 valence electrons. The van der Waals surface area contributed by atoms with Crippen LogP contribution in [0, 0.1) is 11.8 Å². The second-order valence-corrected chi connectivity index (χ2v) is 12.9. The van der Waals surface area contributed by atoms with E-state index in [9.17, 15) is 19.4 Å². The first-order valence-corrected chi connectivity index (χ1v) is 17.0. The molecule has 0 amide bonds. The number of hydrogen-bond acceptors (Lipinski definition) is 5. The monoisotopic (exact) mass is 549 g/mol. The van der Waals surface area contributed by atoms with Gasteiger partial charge in [0.1, 0.15) is 0 Å². The van der Waals surface area contributed by atoms with Gasteiger partial charge in [0.2, 0.25) is 0 Å². The van der Waals surface area contributed by atoms with Crippen molar-refractivity contribution in [2.24, 2.45) is 11.8 Å². The maximum absolute atomic E-state index is 11.7. The number of aliphatic carboxylic acids is 1. The van der Waals surface area contributed by atoms with E-state index in [-0.39, 0.29) is 6.61 Å². The Morgan fingerprint density at radius 3 is 2.22 bits per heavy atom. The smallest absolute Gasteiger partial charge is 0.474 e. The fourth-order valence-corrected chi connectivity index (χ4v) is 6.99. The highest BCUT2D eigenvalue weighted by molar-refractivity contribution is 7.99. The van der Waals surface area contributed by atoms with E-state index in [2.05, 4.69) is 18.7 Å². The van der Waals surface area contributed by atoms with Crippen molar-refractivity contribution in [1.29, 1.82) is 0 Å². The number of carboxylic acids is 1. The van der Waals surface area contributed by atoms with Gasteiger partial charge in [0.25, 0.3) is 0 Å². The summed E-state index contributed by atoms with van der Waals surface area (Å²) in [5.41, 5.74) is -2.46. The predicted octanol–water partition coefficient (Wildman–Crippen LogP) is 8.53. The highest BCUT2D eigenvalue weighted by Crippen LogP contribution is 2.40. The van der Waals surface area contributed by atoms with Gasteiger partial charge in [-0.3, -0.25) is 9.47 Å². The Hall–Kier alpha value is -0.200. The summed E-state index contributed by atoms with van der Waals surface area (Å²) in [6.45, 7) is 5.92. The van der Waals surface area contributed by atoms with Crippen LogP contribution < -0.4 is 0 Å². The summed E-state index contributed by atoms with van der Waals surface area (Å²) in [5, 5.41) is 9.44. The fraction of sp³-hybridized carbons (Fsp3) is 0.964. The molecule has 0 saturated heterocycles. The summed E-state index contributed by atoms with van der Waals surface area (Å²) in [4.78, 5) is 21.2. The highest BCUT2D eigenvalue weighted by atomic mass is 32.2. The zero-order valence-electron chi connectivity index (χ0n) is 23.3. The molecular formula is C28H54O6PS+. The lowest BCUT2D eigenvalue weighted by Gasteiger charge is -2.30. The maximum Gasteiger partial charge on any atom is 0.586 e. The van der Waals surface area contributed by atoms with Gasteiger partial charge in [0, 0.05) is 0 Å². The van der Waals surface area contributed by atoms with Gasteiger partial charge in [-0.25, -0.2) is 4.79 Å². The third-order valence-electron chi connectivity index (χ3n) is 7.41. The molecular weight excluding hydrogens is 495 g/mol. The van der Waals surface area contributed by atoms with Crippen LogP contribution in [0.3, 0.4) is 0 Å². The molecule has 0 aromatic rings. The first-order valence-electron chi connectivity index (χ1n) is 14.7. The van der Waals surface area contributed by atoms with Crippen molar-refractivity contribution >= 4 is 25.8 Å². The van der Waals surface area contributed by atoms with Crippen LogP contribution in [-0.2, 0) is 18.8 Å². The SMILES string of the molecule is CCCCC(CCSCCCCCCCCC(C)OC(OCCC)(C(=O)O)[P+](=O)O)C1CCCCC1. The molecule has 36 heavy (non-hydrogen) atoms. The number of thioether (sulfide) groups is 1. The van der Waals surface area contributed by atoms with Crippen molar-refractivity contribution in [2.45, 2.75) is 142 Å². The fourth-order valence-electron chi connectivity index (χ4n) is 5.27. The van der Waals surface area contributed by atoms with Gasteiger partial charge >= 0.3 is 19.5 Å². The molecule has 4 unspecified atom stereocenters. The van der Waals surface area contributed by atoms with Crippen LogP contribution in [0.1, 0.15) is 130 Å². The summed E-state index contributed by atoms with van der Waals surface area (Å²) in [5.74, 6) is 3.00. The minimum atomic E-state index is -3.17. The molecule has 0 spiro atoms. The van der Waals surface area contributed by atoms with E-state index < -0.39 is 25.6 Å². The zero-order chi connectivity index (χ0) is 26.7. The lowest BCUT2D eigenvalue weighted by molar-refractivity contribution is -0.221. The van der Waals surface area contributed by atoms with Crippen LogP contribution in [0.25, 0.3) is 0 Å². The summed E-state index contributed by atoms with van der Waals surface area (Å²) in [6, 6.07) is 0. The van der Waals surface area contributed by atoms with Crippen molar-refractivity contribution in [3.8, 4) is 0 Å². The lowest BCUT2D eigenvalue weighted by Crippen LogP contribution is -2.43. The molecule has 0 aromatic carbocycles. The maximum atomic E-state index is 11.7. The minimum absolute atomic E-state index is 0.0545. The van der Waals surface area contributed by atoms with Crippen molar-refractivity contribution < 1.29 is 28.8 Å². The average Bonchev–Trinajstić information content (AvgIpc) is 2.86. The van der Waals surface area contributed by atoms with E-state index in [4.69, 9.17) is 9.47 Å². The molecule has 0 heterocycles. The van der Waals surface area contributed by atoms with Gasteiger partial charge < -0.3 is 5.11 Å². The van der Waals surface area contributed by atoms with E-state index in [1.165, 1.54) is 88.6 Å². The third kappa shape index (κ3) is 13.6. The van der Waals surface area contributed by atoms with Crippen molar-refractivity contribution in [2.75, 3.05) is 18.1 Å². The molecule has 0 aromatic heterocycles. The predicted molar refractivity (Wildman–Crippen MR) is 151 cm³/mol. The third-order valence-corrected chi connectivity index (χ3v) is 9.44. The Kier molecular flexibility index (Phi) is 19.5. The van der Waals surface area contributed by atoms with Crippen LogP contribution in [0.5, 0.6) is 0 Å². The summed E-state index contributed by atoms with van der Waals surface area (Å²) in [7, 11) is -3.17. The Morgan fingerprint density at radius 1 is 0.944 bits per heavy atom. The molecule has 1 aliphatic rings. The van der Waals surface area contributed by atoms with Gasteiger partial charge in [-0.2, -0.15) is 16.7 Å². The second kappa shape index (κ2) is 20.7. The first kappa shape index (κ1) is 33.8. The molecule has 1 saturated carbocycles. The molecule has 6 nitrogen and oxygen atoms in total. The first-order chi connectivity index (χ1) is 17.4. The number of hydrogen-bond donors (Lipinski definition) is 2. The van der Waals surface area contributed by atoms with Gasteiger partial charge in [0.05, 0.1) is 12.7 Å². The Morgan fingerprint density at radius 2 is 1.61 bits per heavy atom.